The van der Waals surface area contributed by atoms with Crippen molar-refractivity contribution in [2.75, 3.05) is 24.6 Å². The largest absolute Gasteiger partial charge is 0.356 e. The minimum Gasteiger partial charge on any atom is -0.356 e. The van der Waals surface area contributed by atoms with Gasteiger partial charge in [0.15, 0.2) is 14.9 Å². The van der Waals surface area contributed by atoms with Crippen LogP contribution in [0.3, 0.4) is 0 Å². The summed E-state index contributed by atoms with van der Waals surface area (Å²) in [5.41, 5.74) is -0.349. The maximum absolute atomic E-state index is 11.3. The van der Waals surface area contributed by atoms with Crippen molar-refractivity contribution in [3.63, 3.8) is 0 Å². The van der Waals surface area contributed by atoms with E-state index in [9.17, 15) is 8.42 Å². The second kappa shape index (κ2) is 3.06. The number of rotatable bonds is 1. The van der Waals surface area contributed by atoms with Gasteiger partial charge in [-0.15, -0.1) is 0 Å². The molecule has 2 aliphatic heterocycles. The molecule has 2 fully saturated rings. The molecule has 2 saturated heterocycles. The van der Waals surface area contributed by atoms with Gasteiger partial charge in [-0.25, -0.2) is 8.42 Å². The van der Waals surface area contributed by atoms with E-state index in [0.29, 0.717) is 11.5 Å². The highest BCUT2D eigenvalue weighted by Crippen LogP contribution is 2.23. The fourth-order valence-corrected chi connectivity index (χ4v) is 4.22. The summed E-state index contributed by atoms with van der Waals surface area (Å²) in [5.74, 6) is 0.479. The predicted molar refractivity (Wildman–Crippen MR) is 59.0 cm³/mol. The molecule has 0 bridgehead atoms. The summed E-state index contributed by atoms with van der Waals surface area (Å²) in [4.78, 5) is 2.02. The Bertz CT molecular complexity index is 362. The van der Waals surface area contributed by atoms with Gasteiger partial charge in [-0.3, -0.25) is 0 Å². The molecule has 2 rings (SSSR count). The van der Waals surface area contributed by atoms with E-state index in [1.807, 2.05) is 11.8 Å². The Labute approximate surface area is 89.6 Å². The molecule has 0 aromatic carbocycles. The zero-order chi connectivity index (χ0) is 10.4. The zero-order valence-corrected chi connectivity index (χ0v) is 9.75. The summed E-state index contributed by atoms with van der Waals surface area (Å²) in [6.45, 7) is 3.91. The van der Waals surface area contributed by atoms with E-state index in [0.717, 1.165) is 13.1 Å². The average Bonchev–Trinajstić information content (AvgIpc) is 2.79. The van der Waals surface area contributed by atoms with E-state index in [2.05, 4.69) is 5.32 Å². The molecule has 0 unspecified atom stereocenters. The standard InChI is InChI=1S/C8H14N2O2S2/c1-8(2-5-14(11,12)6-8)9-7(13)10-3-4-10/h2-6H2,1H3,(H,9,13)/t8-/m0/s1. The van der Waals surface area contributed by atoms with E-state index in [1.54, 1.807) is 0 Å². The molecule has 0 aliphatic carbocycles. The van der Waals surface area contributed by atoms with Crippen molar-refractivity contribution in [2.45, 2.75) is 18.9 Å². The number of hydrogen-bond donors (Lipinski definition) is 1. The van der Waals surface area contributed by atoms with E-state index in [1.165, 1.54) is 0 Å². The van der Waals surface area contributed by atoms with Gasteiger partial charge in [0.05, 0.1) is 17.0 Å². The van der Waals surface area contributed by atoms with Gasteiger partial charge in [0.1, 0.15) is 0 Å². The van der Waals surface area contributed by atoms with Crippen molar-refractivity contribution < 1.29 is 8.42 Å². The Morgan fingerprint density at radius 3 is 2.57 bits per heavy atom. The van der Waals surface area contributed by atoms with Crippen molar-refractivity contribution in [3.05, 3.63) is 0 Å². The number of thiocarbonyl (C=S) groups is 1. The van der Waals surface area contributed by atoms with Crippen LogP contribution < -0.4 is 5.32 Å². The third kappa shape index (κ3) is 2.17. The zero-order valence-electron chi connectivity index (χ0n) is 8.12. The minimum absolute atomic E-state index is 0.202. The number of nitrogens with zero attached hydrogens (tertiary/aromatic N) is 1. The fraction of sp³-hybridized carbons (Fsp3) is 0.875. The van der Waals surface area contributed by atoms with E-state index >= 15 is 0 Å². The lowest BCUT2D eigenvalue weighted by Gasteiger charge is -2.25. The number of nitrogens with one attached hydrogen (secondary N) is 1. The Morgan fingerprint density at radius 2 is 2.14 bits per heavy atom. The maximum atomic E-state index is 11.3. The van der Waals surface area contributed by atoms with Gasteiger partial charge in [0, 0.05) is 13.1 Å². The van der Waals surface area contributed by atoms with Crippen molar-refractivity contribution >= 4 is 27.2 Å². The van der Waals surface area contributed by atoms with Crippen LogP contribution in [0.25, 0.3) is 0 Å². The Morgan fingerprint density at radius 1 is 1.50 bits per heavy atom. The molecular weight excluding hydrogens is 220 g/mol. The Hall–Kier alpha value is -0.360. The third-order valence-electron chi connectivity index (χ3n) is 2.65. The molecule has 0 aromatic rings. The van der Waals surface area contributed by atoms with E-state index < -0.39 is 9.84 Å². The van der Waals surface area contributed by atoms with Crippen molar-refractivity contribution in [1.82, 2.24) is 10.2 Å². The Kier molecular flexibility index (Phi) is 2.23. The second-order valence-corrected chi connectivity index (χ2v) is 6.89. The van der Waals surface area contributed by atoms with Gasteiger partial charge in [-0.05, 0) is 25.6 Å². The van der Waals surface area contributed by atoms with Crippen LogP contribution in [-0.4, -0.2) is 48.6 Å². The third-order valence-corrected chi connectivity index (χ3v) is 4.91. The first-order valence-electron chi connectivity index (χ1n) is 4.68. The fourth-order valence-electron chi connectivity index (χ4n) is 1.70. The molecule has 0 saturated carbocycles. The molecule has 1 atom stereocenters. The first-order chi connectivity index (χ1) is 6.40. The second-order valence-electron chi connectivity index (χ2n) is 4.32. The first-order valence-corrected chi connectivity index (χ1v) is 6.91. The number of hydrogen-bond acceptors (Lipinski definition) is 3. The summed E-state index contributed by atoms with van der Waals surface area (Å²) in [6.07, 6.45) is 0.656. The molecule has 2 aliphatic rings. The van der Waals surface area contributed by atoms with Crippen LogP contribution in [0.1, 0.15) is 13.3 Å². The van der Waals surface area contributed by atoms with Crippen molar-refractivity contribution in [2.24, 2.45) is 0 Å². The highest BCUT2D eigenvalue weighted by Gasteiger charge is 2.40. The quantitative estimate of drug-likeness (QED) is 0.501. The normalized spacial score (nSPS) is 34.2. The molecule has 4 nitrogen and oxygen atoms in total. The summed E-state index contributed by atoms with van der Waals surface area (Å²) in [5, 5.41) is 3.85. The molecular formula is C8H14N2O2S2. The van der Waals surface area contributed by atoms with Crippen molar-refractivity contribution in [3.8, 4) is 0 Å². The molecule has 80 valence electrons. The lowest BCUT2D eigenvalue weighted by Crippen LogP contribution is -2.48. The molecule has 0 radical (unpaired) electrons. The lowest BCUT2D eigenvalue weighted by atomic mass is 10.0. The van der Waals surface area contributed by atoms with Gasteiger partial charge in [-0.2, -0.15) is 0 Å². The minimum atomic E-state index is -2.85. The lowest BCUT2D eigenvalue weighted by molar-refractivity contribution is 0.461. The predicted octanol–water partition coefficient (Wildman–Crippen LogP) is -0.246. The van der Waals surface area contributed by atoms with Crippen LogP contribution in [0.4, 0.5) is 0 Å². The summed E-state index contributed by atoms with van der Waals surface area (Å²) in [6, 6.07) is 0. The Balaban J connectivity index is 2.00. The van der Waals surface area contributed by atoms with Crippen LogP contribution in [-0.2, 0) is 9.84 Å². The first kappa shape index (κ1) is 10.2. The maximum Gasteiger partial charge on any atom is 0.169 e. The highest BCUT2D eigenvalue weighted by molar-refractivity contribution is 7.91. The van der Waals surface area contributed by atoms with Gasteiger partial charge < -0.3 is 10.2 Å². The van der Waals surface area contributed by atoms with Crippen LogP contribution in [0.2, 0.25) is 0 Å². The molecule has 14 heavy (non-hydrogen) atoms. The number of sulfone groups is 1. The smallest absolute Gasteiger partial charge is 0.169 e. The highest BCUT2D eigenvalue weighted by atomic mass is 32.2. The van der Waals surface area contributed by atoms with E-state index in [-0.39, 0.29) is 17.0 Å². The van der Waals surface area contributed by atoms with Gasteiger partial charge in [0.25, 0.3) is 0 Å². The van der Waals surface area contributed by atoms with Crippen LogP contribution in [0.5, 0.6) is 0 Å². The topological polar surface area (TPSA) is 49.2 Å². The monoisotopic (exact) mass is 234 g/mol. The van der Waals surface area contributed by atoms with E-state index in [4.69, 9.17) is 12.2 Å². The molecule has 2 heterocycles. The molecule has 1 N–H and O–H groups in total. The summed E-state index contributed by atoms with van der Waals surface area (Å²) < 4.78 is 22.6. The van der Waals surface area contributed by atoms with Gasteiger partial charge in [0.2, 0.25) is 0 Å². The average molecular weight is 234 g/mol. The molecule has 0 spiro atoms. The molecule has 6 heteroatoms. The van der Waals surface area contributed by atoms with Crippen LogP contribution >= 0.6 is 12.2 Å². The van der Waals surface area contributed by atoms with Gasteiger partial charge in [-0.1, -0.05) is 0 Å². The summed E-state index contributed by atoms with van der Waals surface area (Å²) >= 11 is 5.14. The summed E-state index contributed by atoms with van der Waals surface area (Å²) in [7, 11) is -2.85. The molecule has 0 aromatic heterocycles. The van der Waals surface area contributed by atoms with Crippen molar-refractivity contribution in [1.29, 1.82) is 0 Å². The SMILES string of the molecule is C[C@]1(NC(=S)N2CC2)CCS(=O)(=O)C1. The van der Waals surface area contributed by atoms with Crippen LogP contribution in [0.15, 0.2) is 0 Å². The van der Waals surface area contributed by atoms with Crippen LogP contribution in [0, 0.1) is 0 Å². The molecule has 0 amide bonds. The van der Waals surface area contributed by atoms with Gasteiger partial charge >= 0.3 is 0 Å².